The number of quaternary nitrogens is 1. The molecular formula is C11H18N3O2+. The van der Waals surface area contributed by atoms with Gasteiger partial charge in [0.25, 0.3) is 5.91 Å². The van der Waals surface area contributed by atoms with Crippen molar-refractivity contribution in [2.75, 3.05) is 25.0 Å². The molecule has 2 N–H and O–H groups in total. The molecule has 0 atom stereocenters. The lowest BCUT2D eigenvalue weighted by molar-refractivity contribution is -0.896. The fourth-order valence-electron chi connectivity index (χ4n) is 2.07. The van der Waals surface area contributed by atoms with Gasteiger partial charge in [-0.05, 0) is 26.2 Å². The Bertz CT molecular complexity index is 356. The Balaban J connectivity index is 1.79. The van der Waals surface area contributed by atoms with Crippen LogP contribution in [0.3, 0.4) is 0 Å². The minimum absolute atomic E-state index is 0.0187. The molecule has 1 amide bonds. The molecule has 0 radical (unpaired) electrons. The summed E-state index contributed by atoms with van der Waals surface area (Å²) in [5, 5.41) is 6.48. The van der Waals surface area contributed by atoms with Gasteiger partial charge in [-0.15, -0.1) is 0 Å². The number of anilines is 1. The van der Waals surface area contributed by atoms with Crippen molar-refractivity contribution in [3.8, 4) is 0 Å². The number of nitrogens with one attached hydrogen (secondary N) is 2. The van der Waals surface area contributed by atoms with Crippen LogP contribution in [0.2, 0.25) is 0 Å². The molecule has 16 heavy (non-hydrogen) atoms. The molecule has 0 bridgehead atoms. The third-order valence-electron chi connectivity index (χ3n) is 2.87. The van der Waals surface area contributed by atoms with Gasteiger partial charge >= 0.3 is 0 Å². The van der Waals surface area contributed by atoms with Gasteiger partial charge in [0.15, 0.2) is 12.4 Å². The second kappa shape index (κ2) is 5.12. The average molecular weight is 224 g/mol. The van der Waals surface area contributed by atoms with Crippen molar-refractivity contribution in [3.63, 3.8) is 0 Å². The number of hydrogen-bond acceptors (Lipinski definition) is 3. The van der Waals surface area contributed by atoms with E-state index in [-0.39, 0.29) is 5.91 Å². The van der Waals surface area contributed by atoms with E-state index in [2.05, 4.69) is 10.5 Å². The maximum atomic E-state index is 11.7. The van der Waals surface area contributed by atoms with Gasteiger partial charge in [0, 0.05) is 6.07 Å². The van der Waals surface area contributed by atoms with E-state index in [0.29, 0.717) is 18.1 Å². The van der Waals surface area contributed by atoms with Gasteiger partial charge in [-0.1, -0.05) is 5.16 Å². The molecule has 0 aromatic carbocycles. The molecule has 1 aliphatic heterocycles. The van der Waals surface area contributed by atoms with Crippen LogP contribution in [0.4, 0.5) is 5.82 Å². The summed E-state index contributed by atoms with van der Waals surface area (Å²) in [6, 6.07) is 1.73. The molecule has 5 heteroatoms. The van der Waals surface area contributed by atoms with Crippen LogP contribution in [0.25, 0.3) is 0 Å². The molecule has 5 nitrogen and oxygen atoms in total. The van der Waals surface area contributed by atoms with Crippen LogP contribution in [0.1, 0.15) is 25.0 Å². The van der Waals surface area contributed by atoms with Gasteiger partial charge in [-0.3, -0.25) is 4.79 Å². The van der Waals surface area contributed by atoms with Crippen LogP contribution >= 0.6 is 0 Å². The Hall–Kier alpha value is -1.36. The quantitative estimate of drug-likeness (QED) is 0.759. The van der Waals surface area contributed by atoms with E-state index in [1.165, 1.54) is 24.2 Å². The highest BCUT2D eigenvalue weighted by Crippen LogP contribution is 2.06. The highest BCUT2D eigenvalue weighted by molar-refractivity contribution is 5.90. The monoisotopic (exact) mass is 224 g/mol. The van der Waals surface area contributed by atoms with Crippen molar-refractivity contribution < 1.29 is 14.2 Å². The summed E-state index contributed by atoms with van der Waals surface area (Å²) in [4.78, 5) is 13.0. The number of likely N-dealkylation sites (tertiary alicyclic amines) is 1. The fourth-order valence-corrected chi connectivity index (χ4v) is 2.07. The Labute approximate surface area is 94.8 Å². The number of aromatic nitrogens is 1. The summed E-state index contributed by atoms with van der Waals surface area (Å²) in [6.07, 6.45) is 3.75. The maximum Gasteiger partial charge on any atom is 0.280 e. The lowest BCUT2D eigenvalue weighted by Crippen LogP contribution is -3.13. The highest BCUT2D eigenvalue weighted by atomic mass is 16.5. The molecule has 2 rings (SSSR count). The SMILES string of the molecule is Cc1cc(NC(=O)C[NH+]2CCCCC2)no1. The predicted molar refractivity (Wildman–Crippen MR) is 59.3 cm³/mol. The molecular weight excluding hydrogens is 206 g/mol. The standard InChI is InChI=1S/C11H17N3O2/c1-9-7-10(13-16-9)12-11(15)8-14-5-3-2-4-6-14/h7H,2-6,8H2,1H3,(H,12,13,15)/p+1. The van der Waals surface area contributed by atoms with Gasteiger partial charge in [-0.25, -0.2) is 0 Å². The summed E-state index contributed by atoms with van der Waals surface area (Å²) in [7, 11) is 0. The lowest BCUT2D eigenvalue weighted by Gasteiger charge is -2.22. The number of nitrogens with zero attached hydrogens (tertiary/aromatic N) is 1. The molecule has 0 aliphatic carbocycles. The van der Waals surface area contributed by atoms with Gasteiger partial charge in [0.1, 0.15) is 5.76 Å². The smallest absolute Gasteiger partial charge is 0.280 e. The Morgan fingerprint density at radius 2 is 2.25 bits per heavy atom. The number of rotatable bonds is 3. The minimum atomic E-state index is 0.0187. The van der Waals surface area contributed by atoms with Crippen molar-refractivity contribution in [2.45, 2.75) is 26.2 Å². The summed E-state index contributed by atoms with van der Waals surface area (Å²) in [5.41, 5.74) is 0. The normalized spacial score (nSPS) is 17.3. The molecule has 1 aromatic heterocycles. The molecule has 1 saturated heterocycles. The first-order valence-corrected chi connectivity index (χ1v) is 5.81. The third-order valence-corrected chi connectivity index (χ3v) is 2.87. The second-order valence-corrected chi connectivity index (χ2v) is 4.36. The van der Waals surface area contributed by atoms with Crippen molar-refractivity contribution in [1.29, 1.82) is 0 Å². The Morgan fingerprint density at radius 3 is 2.88 bits per heavy atom. The van der Waals surface area contributed by atoms with E-state index in [1.807, 2.05) is 0 Å². The first-order valence-electron chi connectivity index (χ1n) is 5.81. The zero-order valence-electron chi connectivity index (χ0n) is 9.58. The van der Waals surface area contributed by atoms with E-state index < -0.39 is 0 Å². The Kier molecular flexibility index (Phi) is 3.56. The topological polar surface area (TPSA) is 59.6 Å². The first-order chi connectivity index (χ1) is 7.74. The fraction of sp³-hybridized carbons (Fsp3) is 0.636. The van der Waals surface area contributed by atoms with E-state index in [1.54, 1.807) is 13.0 Å². The summed E-state index contributed by atoms with van der Waals surface area (Å²) < 4.78 is 4.88. The van der Waals surface area contributed by atoms with E-state index in [0.717, 1.165) is 13.1 Å². The number of amides is 1. The number of carbonyl (C=O) groups is 1. The largest absolute Gasteiger partial charge is 0.360 e. The predicted octanol–water partition coefficient (Wildman–Crippen LogP) is -0.00968. The van der Waals surface area contributed by atoms with Gasteiger partial charge in [-0.2, -0.15) is 0 Å². The van der Waals surface area contributed by atoms with Crippen LogP contribution < -0.4 is 10.2 Å². The number of hydrogen-bond donors (Lipinski definition) is 2. The third kappa shape index (κ3) is 3.06. The van der Waals surface area contributed by atoms with Crippen LogP contribution in [0, 0.1) is 6.92 Å². The van der Waals surface area contributed by atoms with Crippen molar-refractivity contribution in [3.05, 3.63) is 11.8 Å². The lowest BCUT2D eigenvalue weighted by atomic mass is 10.1. The summed E-state index contributed by atoms with van der Waals surface area (Å²) in [5.74, 6) is 1.24. The Morgan fingerprint density at radius 1 is 1.50 bits per heavy atom. The number of aryl methyl sites for hydroxylation is 1. The number of carbonyl (C=O) groups excluding carboxylic acids is 1. The van der Waals surface area contributed by atoms with Gasteiger partial charge in [0.05, 0.1) is 13.1 Å². The zero-order valence-corrected chi connectivity index (χ0v) is 9.58. The molecule has 1 aromatic rings. The minimum Gasteiger partial charge on any atom is -0.360 e. The second-order valence-electron chi connectivity index (χ2n) is 4.36. The summed E-state index contributed by atoms with van der Waals surface area (Å²) >= 11 is 0. The average Bonchev–Trinajstić information content (AvgIpc) is 2.65. The van der Waals surface area contributed by atoms with Crippen LogP contribution in [0.5, 0.6) is 0 Å². The number of piperidine rings is 1. The highest BCUT2D eigenvalue weighted by Gasteiger charge is 2.17. The van der Waals surface area contributed by atoms with Gasteiger partial charge < -0.3 is 14.7 Å². The van der Waals surface area contributed by atoms with Crippen LogP contribution in [-0.4, -0.2) is 30.7 Å². The maximum absolute atomic E-state index is 11.7. The molecule has 2 heterocycles. The molecule has 1 fully saturated rings. The van der Waals surface area contributed by atoms with Crippen molar-refractivity contribution >= 4 is 11.7 Å². The molecule has 1 aliphatic rings. The zero-order chi connectivity index (χ0) is 11.4. The molecule has 88 valence electrons. The molecule has 0 spiro atoms. The van der Waals surface area contributed by atoms with Crippen LogP contribution in [-0.2, 0) is 4.79 Å². The molecule has 0 saturated carbocycles. The molecule has 0 unspecified atom stereocenters. The van der Waals surface area contributed by atoms with Crippen LogP contribution in [0.15, 0.2) is 10.6 Å². The summed E-state index contributed by atoms with van der Waals surface area (Å²) in [6.45, 7) is 4.54. The van der Waals surface area contributed by atoms with Crippen molar-refractivity contribution in [2.24, 2.45) is 0 Å². The van der Waals surface area contributed by atoms with Gasteiger partial charge in [0.2, 0.25) is 0 Å². The van der Waals surface area contributed by atoms with E-state index in [9.17, 15) is 4.79 Å². The van der Waals surface area contributed by atoms with E-state index >= 15 is 0 Å². The first kappa shape index (κ1) is 11.1. The van der Waals surface area contributed by atoms with E-state index in [4.69, 9.17) is 4.52 Å². The van der Waals surface area contributed by atoms with Crippen molar-refractivity contribution in [1.82, 2.24) is 5.16 Å².